The molecule has 5 nitrogen and oxygen atoms in total. The second-order valence-electron chi connectivity index (χ2n) is 5.70. The number of rotatable bonds is 4. The molecule has 20 heavy (non-hydrogen) atoms. The fourth-order valence-electron chi connectivity index (χ4n) is 2.54. The highest BCUT2D eigenvalue weighted by Crippen LogP contribution is 2.20. The van der Waals surface area contributed by atoms with Gasteiger partial charge in [-0.2, -0.15) is 0 Å². The van der Waals surface area contributed by atoms with Crippen molar-refractivity contribution in [2.45, 2.75) is 45.3 Å². The highest BCUT2D eigenvalue weighted by atomic mass is 16.5. The molecule has 2 atom stereocenters. The van der Waals surface area contributed by atoms with Gasteiger partial charge in [-0.05, 0) is 31.2 Å². The van der Waals surface area contributed by atoms with E-state index in [0.29, 0.717) is 11.5 Å². The van der Waals surface area contributed by atoms with Crippen LogP contribution in [0.1, 0.15) is 43.5 Å². The Morgan fingerprint density at radius 3 is 3.05 bits per heavy atom. The molecular formula is C15H22N2O3. The fourth-order valence-corrected chi connectivity index (χ4v) is 2.54. The van der Waals surface area contributed by atoms with Crippen LogP contribution in [0.5, 0.6) is 0 Å². The predicted octanol–water partition coefficient (Wildman–Crippen LogP) is 1.70. The first-order valence-electron chi connectivity index (χ1n) is 7.17. The van der Waals surface area contributed by atoms with Crippen molar-refractivity contribution in [3.63, 3.8) is 0 Å². The molecule has 0 aliphatic carbocycles. The van der Waals surface area contributed by atoms with E-state index in [-0.39, 0.29) is 23.6 Å². The number of carbonyl (C=O) groups is 1. The second-order valence-corrected chi connectivity index (χ2v) is 5.70. The molecule has 5 heteroatoms. The predicted molar refractivity (Wildman–Crippen MR) is 76.7 cm³/mol. The van der Waals surface area contributed by atoms with Crippen LogP contribution < -0.4 is 10.9 Å². The zero-order chi connectivity index (χ0) is 14.5. The summed E-state index contributed by atoms with van der Waals surface area (Å²) in [4.78, 5) is 25.9. The summed E-state index contributed by atoms with van der Waals surface area (Å²) in [6.45, 7) is 5.05. The van der Waals surface area contributed by atoms with Gasteiger partial charge in [0.05, 0.1) is 12.1 Å². The maximum atomic E-state index is 12.2. The van der Waals surface area contributed by atoms with Crippen LogP contribution in [0, 0.1) is 5.92 Å². The lowest BCUT2D eigenvalue weighted by atomic mass is 9.94. The summed E-state index contributed by atoms with van der Waals surface area (Å²) in [6.07, 6.45) is 4.36. The summed E-state index contributed by atoms with van der Waals surface area (Å²) in [6, 6.07) is 2.95. The molecule has 0 aromatic carbocycles. The molecule has 1 aromatic heterocycles. The molecule has 1 aromatic rings. The van der Waals surface area contributed by atoms with E-state index in [4.69, 9.17) is 4.74 Å². The van der Waals surface area contributed by atoms with Crippen LogP contribution in [-0.2, 0) is 4.74 Å². The van der Waals surface area contributed by atoms with Gasteiger partial charge in [-0.3, -0.25) is 9.59 Å². The van der Waals surface area contributed by atoms with Crippen molar-refractivity contribution < 1.29 is 9.53 Å². The van der Waals surface area contributed by atoms with E-state index in [1.165, 1.54) is 12.3 Å². The summed E-state index contributed by atoms with van der Waals surface area (Å²) in [5, 5.41) is 3.00. The van der Waals surface area contributed by atoms with Gasteiger partial charge in [0.1, 0.15) is 0 Å². The molecule has 1 amide bonds. The SMILES string of the molecule is CC(C)C[C@@H]1OCCC[C@@H]1NC(=O)c1cc[nH]c(=O)c1. The second kappa shape index (κ2) is 6.70. The first-order valence-corrected chi connectivity index (χ1v) is 7.17. The molecule has 2 heterocycles. The minimum Gasteiger partial charge on any atom is -0.376 e. The van der Waals surface area contributed by atoms with E-state index in [1.807, 2.05) is 0 Å². The Labute approximate surface area is 118 Å². The third kappa shape index (κ3) is 3.93. The van der Waals surface area contributed by atoms with Gasteiger partial charge in [0, 0.05) is 24.4 Å². The van der Waals surface area contributed by atoms with E-state index < -0.39 is 0 Å². The standard InChI is InChI=1S/C15H22N2O3/c1-10(2)8-13-12(4-3-7-20-13)17-15(19)11-5-6-16-14(18)9-11/h5-6,9-10,12-13H,3-4,7-8H2,1-2H3,(H,16,18)(H,17,19)/t12-,13-/m0/s1. The number of pyridine rings is 1. The van der Waals surface area contributed by atoms with Crippen molar-refractivity contribution in [1.82, 2.24) is 10.3 Å². The molecule has 0 spiro atoms. The first-order chi connectivity index (χ1) is 9.56. The van der Waals surface area contributed by atoms with E-state index in [2.05, 4.69) is 24.1 Å². The quantitative estimate of drug-likeness (QED) is 0.880. The minimum absolute atomic E-state index is 0.0259. The summed E-state index contributed by atoms with van der Waals surface area (Å²) in [5.41, 5.74) is 0.124. The maximum absolute atomic E-state index is 12.2. The van der Waals surface area contributed by atoms with Crippen molar-refractivity contribution in [1.29, 1.82) is 0 Å². The molecule has 2 N–H and O–H groups in total. The zero-order valence-electron chi connectivity index (χ0n) is 12.0. The highest BCUT2D eigenvalue weighted by Gasteiger charge is 2.28. The van der Waals surface area contributed by atoms with Gasteiger partial charge < -0.3 is 15.0 Å². The molecule has 1 saturated heterocycles. The van der Waals surface area contributed by atoms with Crippen molar-refractivity contribution in [2.75, 3.05) is 6.61 Å². The number of aromatic amines is 1. The Balaban J connectivity index is 2.03. The number of carbonyl (C=O) groups excluding carboxylic acids is 1. The highest BCUT2D eigenvalue weighted by molar-refractivity contribution is 5.94. The Morgan fingerprint density at radius 1 is 1.55 bits per heavy atom. The lowest BCUT2D eigenvalue weighted by Gasteiger charge is -2.33. The monoisotopic (exact) mass is 278 g/mol. The Hall–Kier alpha value is -1.62. The molecule has 0 unspecified atom stereocenters. The fraction of sp³-hybridized carbons (Fsp3) is 0.600. The summed E-state index contributed by atoms with van der Waals surface area (Å²) in [7, 11) is 0. The Morgan fingerprint density at radius 2 is 2.35 bits per heavy atom. The Bertz CT molecular complexity index is 510. The molecule has 1 aliphatic rings. The van der Waals surface area contributed by atoms with E-state index >= 15 is 0 Å². The number of hydrogen-bond acceptors (Lipinski definition) is 3. The number of H-pyrrole nitrogens is 1. The average Bonchev–Trinajstić information content (AvgIpc) is 2.40. The van der Waals surface area contributed by atoms with Crippen molar-refractivity contribution in [3.8, 4) is 0 Å². The summed E-state index contributed by atoms with van der Waals surface area (Å²) in [5.74, 6) is 0.317. The molecule has 1 fully saturated rings. The van der Waals surface area contributed by atoms with Gasteiger partial charge in [-0.1, -0.05) is 13.8 Å². The van der Waals surface area contributed by atoms with Crippen LogP contribution in [0.2, 0.25) is 0 Å². The number of aromatic nitrogens is 1. The third-order valence-electron chi connectivity index (χ3n) is 3.50. The number of ether oxygens (including phenoxy) is 1. The van der Waals surface area contributed by atoms with Gasteiger partial charge in [-0.25, -0.2) is 0 Å². The lowest BCUT2D eigenvalue weighted by molar-refractivity contribution is -0.0186. The Kier molecular flexibility index (Phi) is 4.95. The number of nitrogens with one attached hydrogen (secondary N) is 2. The van der Waals surface area contributed by atoms with Crippen molar-refractivity contribution in [2.24, 2.45) is 5.92 Å². The molecular weight excluding hydrogens is 256 g/mol. The maximum Gasteiger partial charge on any atom is 0.251 e. The van der Waals surface area contributed by atoms with Crippen LogP contribution in [0.15, 0.2) is 23.1 Å². The largest absolute Gasteiger partial charge is 0.376 e. The normalized spacial score (nSPS) is 22.8. The smallest absolute Gasteiger partial charge is 0.251 e. The van der Waals surface area contributed by atoms with Crippen LogP contribution in [0.25, 0.3) is 0 Å². The van der Waals surface area contributed by atoms with Gasteiger partial charge in [0.15, 0.2) is 0 Å². The van der Waals surface area contributed by atoms with Gasteiger partial charge >= 0.3 is 0 Å². The molecule has 1 aliphatic heterocycles. The average molecular weight is 278 g/mol. The van der Waals surface area contributed by atoms with Gasteiger partial charge in [0.25, 0.3) is 5.91 Å². The molecule has 110 valence electrons. The summed E-state index contributed by atoms with van der Waals surface area (Å²) >= 11 is 0. The lowest BCUT2D eigenvalue weighted by Crippen LogP contribution is -2.47. The van der Waals surface area contributed by atoms with E-state index in [1.54, 1.807) is 6.07 Å². The molecule has 0 bridgehead atoms. The number of amides is 1. The van der Waals surface area contributed by atoms with Crippen LogP contribution >= 0.6 is 0 Å². The van der Waals surface area contributed by atoms with Crippen LogP contribution in [-0.4, -0.2) is 29.6 Å². The van der Waals surface area contributed by atoms with Gasteiger partial charge in [0.2, 0.25) is 5.56 Å². The van der Waals surface area contributed by atoms with E-state index in [0.717, 1.165) is 25.9 Å². The van der Waals surface area contributed by atoms with Crippen molar-refractivity contribution in [3.05, 3.63) is 34.2 Å². The summed E-state index contributed by atoms with van der Waals surface area (Å²) < 4.78 is 5.78. The molecule has 2 rings (SSSR count). The zero-order valence-corrected chi connectivity index (χ0v) is 12.0. The topological polar surface area (TPSA) is 71.2 Å². The molecule has 0 radical (unpaired) electrons. The third-order valence-corrected chi connectivity index (χ3v) is 3.50. The molecule has 0 saturated carbocycles. The van der Waals surface area contributed by atoms with Gasteiger partial charge in [-0.15, -0.1) is 0 Å². The minimum atomic E-state index is -0.267. The first kappa shape index (κ1) is 14.8. The number of hydrogen-bond donors (Lipinski definition) is 2. The van der Waals surface area contributed by atoms with E-state index in [9.17, 15) is 9.59 Å². The van der Waals surface area contributed by atoms with Crippen molar-refractivity contribution >= 4 is 5.91 Å². The van der Waals surface area contributed by atoms with Crippen LogP contribution in [0.4, 0.5) is 0 Å². The van der Waals surface area contributed by atoms with Crippen LogP contribution in [0.3, 0.4) is 0 Å².